The average Bonchev–Trinajstić information content (AvgIpc) is 2.34. The van der Waals surface area contributed by atoms with Crippen molar-refractivity contribution < 1.29 is 19.4 Å². The van der Waals surface area contributed by atoms with E-state index < -0.39 is 5.97 Å². The molecule has 0 saturated carbocycles. The summed E-state index contributed by atoms with van der Waals surface area (Å²) in [6.45, 7) is 3.67. The Morgan fingerprint density at radius 1 is 1.24 bits per heavy atom. The fourth-order valence-electron chi connectivity index (χ4n) is 1.47. The van der Waals surface area contributed by atoms with E-state index in [1.54, 1.807) is 18.2 Å². The maximum Gasteiger partial charge on any atom is 0.328 e. The molecule has 1 aromatic carbocycles. The molecular weight excluding hydrogens is 220 g/mol. The minimum absolute atomic E-state index is 0.488. The molecule has 0 bridgehead atoms. The van der Waals surface area contributed by atoms with Crippen LogP contribution in [-0.4, -0.2) is 25.3 Å². The fraction of sp³-hybridized carbons (Fsp3) is 0.154. The predicted molar refractivity (Wildman–Crippen MR) is 66.3 cm³/mol. The first-order chi connectivity index (χ1) is 8.13. The number of carbonyl (C=O) groups is 1. The molecule has 0 atom stereocenters. The molecule has 0 aliphatic carbocycles. The second-order valence-corrected chi connectivity index (χ2v) is 3.19. The standard InChI is InChI=1S/C13H14O4/c1-4-9-5-6-10(7-8-11(14)15)13(17-3)12(9)16-2/h4-8H,1H2,2-3H3,(H,14,15)/b8-7+. The average molecular weight is 234 g/mol. The van der Waals surface area contributed by atoms with Crippen molar-refractivity contribution in [2.45, 2.75) is 0 Å². The Hall–Kier alpha value is -2.23. The SMILES string of the molecule is C=Cc1ccc(/C=C/C(=O)O)c(OC)c1OC. The zero-order chi connectivity index (χ0) is 12.8. The van der Waals surface area contributed by atoms with E-state index in [4.69, 9.17) is 14.6 Å². The van der Waals surface area contributed by atoms with Gasteiger partial charge in [-0.05, 0) is 6.08 Å². The number of aliphatic carboxylic acids is 1. The van der Waals surface area contributed by atoms with Gasteiger partial charge in [0.15, 0.2) is 11.5 Å². The van der Waals surface area contributed by atoms with E-state index in [0.29, 0.717) is 17.1 Å². The third kappa shape index (κ3) is 2.87. The van der Waals surface area contributed by atoms with Gasteiger partial charge in [0, 0.05) is 17.2 Å². The lowest BCUT2D eigenvalue weighted by Crippen LogP contribution is -1.96. The van der Waals surface area contributed by atoms with E-state index in [1.807, 2.05) is 0 Å². The minimum atomic E-state index is -1.01. The van der Waals surface area contributed by atoms with E-state index in [-0.39, 0.29) is 0 Å². The molecule has 0 unspecified atom stereocenters. The van der Waals surface area contributed by atoms with Gasteiger partial charge in [-0.15, -0.1) is 0 Å². The lowest BCUT2D eigenvalue weighted by molar-refractivity contribution is -0.131. The van der Waals surface area contributed by atoms with Crippen LogP contribution in [0.2, 0.25) is 0 Å². The summed E-state index contributed by atoms with van der Waals surface area (Å²) in [6, 6.07) is 3.54. The van der Waals surface area contributed by atoms with Crippen LogP contribution < -0.4 is 9.47 Å². The molecule has 0 aromatic heterocycles. The zero-order valence-electron chi connectivity index (χ0n) is 9.77. The number of benzene rings is 1. The van der Waals surface area contributed by atoms with E-state index in [2.05, 4.69) is 6.58 Å². The quantitative estimate of drug-likeness (QED) is 0.795. The van der Waals surface area contributed by atoms with Crippen LogP contribution in [0.15, 0.2) is 24.8 Å². The van der Waals surface area contributed by atoms with Crippen molar-refractivity contribution in [1.82, 2.24) is 0 Å². The van der Waals surface area contributed by atoms with Gasteiger partial charge in [0.25, 0.3) is 0 Å². The highest BCUT2D eigenvalue weighted by atomic mass is 16.5. The number of hydrogen-bond acceptors (Lipinski definition) is 3. The van der Waals surface area contributed by atoms with Crippen LogP contribution in [0.4, 0.5) is 0 Å². The molecule has 0 aliphatic heterocycles. The third-order valence-electron chi connectivity index (χ3n) is 2.21. The van der Waals surface area contributed by atoms with E-state index in [0.717, 1.165) is 11.6 Å². The van der Waals surface area contributed by atoms with Crippen LogP contribution >= 0.6 is 0 Å². The molecule has 0 heterocycles. The van der Waals surface area contributed by atoms with E-state index in [9.17, 15) is 4.79 Å². The maximum absolute atomic E-state index is 10.5. The van der Waals surface area contributed by atoms with Gasteiger partial charge >= 0.3 is 5.97 Å². The second-order valence-electron chi connectivity index (χ2n) is 3.19. The third-order valence-corrected chi connectivity index (χ3v) is 2.21. The van der Waals surface area contributed by atoms with Crippen molar-refractivity contribution in [1.29, 1.82) is 0 Å². The molecule has 0 saturated heterocycles. The summed E-state index contributed by atoms with van der Waals surface area (Å²) in [5.74, 6) is 0.0104. The molecule has 4 heteroatoms. The number of hydrogen-bond donors (Lipinski definition) is 1. The van der Waals surface area contributed by atoms with E-state index in [1.165, 1.54) is 20.3 Å². The summed E-state index contributed by atoms with van der Waals surface area (Å²) < 4.78 is 10.5. The number of carboxylic acid groups (broad SMARTS) is 1. The van der Waals surface area contributed by atoms with Crippen molar-refractivity contribution in [2.24, 2.45) is 0 Å². The molecule has 0 aliphatic rings. The van der Waals surface area contributed by atoms with Crippen molar-refractivity contribution in [3.8, 4) is 11.5 Å². The second kappa shape index (κ2) is 5.75. The fourth-order valence-corrected chi connectivity index (χ4v) is 1.47. The first-order valence-corrected chi connectivity index (χ1v) is 4.92. The molecule has 1 N–H and O–H groups in total. The van der Waals surface area contributed by atoms with Gasteiger partial charge in [-0.3, -0.25) is 0 Å². The van der Waals surface area contributed by atoms with Crippen LogP contribution in [0.5, 0.6) is 11.5 Å². The summed E-state index contributed by atoms with van der Waals surface area (Å²) in [6.07, 6.45) is 4.15. The van der Waals surface area contributed by atoms with Crippen molar-refractivity contribution in [3.63, 3.8) is 0 Å². The molecule has 17 heavy (non-hydrogen) atoms. The predicted octanol–water partition coefficient (Wildman–Crippen LogP) is 2.44. The number of methoxy groups -OCH3 is 2. The molecule has 0 spiro atoms. The van der Waals surface area contributed by atoms with Crippen LogP contribution in [0.25, 0.3) is 12.2 Å². The van der Waals surface area contributed by atoms with Crippen LogP contribution in [0.3, 0.4) is 0 Å². The first-order valence-electron chi connectivity index (χ1n) is 4.92. The van der Waals surface area contributed by atoms with Crippen LogP contribution in [0, 0.1) is 0 Å². The van der Waals surface area contributed by atoms with Gasteiger partial charge < -0.3 is 14.6 Å². The Morgan fingerprint density at radius 2 is 1.76 bits per heavy atom. The van der Waals surface area contributed by atoms with Crippen molar-refractivity contribution in [3.05, 3.63) is 35.9 Å². The topological polar surface area (TPSA) is 55.8 Å². The summed E-state index contributed by atoms with van der Waals surface area (Å²) in [5.41, 5.74) is 1.43. The molecule has 0 fully saturated rings. The Kier molecular flexibility index (Phi) is 4.34. The van der Waals surface area contributed by atoms with Gasteiger partial charge in [-0.2, -0.15) is 0 Å². The lowest BCUT2D eigenvalue weighted by Gasteiger charge is -2.12. The molecular formula is C13H14O4. The van der Waals surface area contributed by atoms with Crippen molar-refractivity contribution >= 4 is 18.1 Å². The smallest absolute Gasteiger partial charge is 0.328 e. The maximum atomic E-state index is 10.5. The monoisotopic (exact) mass is 234 g/mol. The van der Waals surface area contributed by atoms with Gasteiger partial charge in [0.2, 0.25) is 0 Å². The highest BCUT2D eigenvalue weighted by Crippen LogP contribution is 2.35. The van der Waals surface area contributed by atoms with Gasteiger partial charge in [0.1, 0.15) is 0 Å². The van der Waals surface area contributed by atoms with Gasteiger partial charge in [-0.25, -0.2) is 4.79 Å². The van der Waals surface area contributed by atoms with Crippen LogP contribution in [-0.2, 0) is 4.79 Å². The minimum Gasteiger partial charge on any atom is -0.492 e. The Balaban J connectivity index is 3.32. The zero-order valence-corrected chi connectivity index (χ0v) is 9.77. The summed E-state index contributed by atoms with van der Waals surface area (Å²) >= 11 is 0. The largest absolute Gasteiger partial charge is 0.492 e. The molecule has 1 aromatic rings. The van der Waals surface area contributed by atoms with Crippen molar-refractivity contribution in [2.75, 3.05) is 14.2 Å². The van der Waals surface area contributed by atoms with Gasteiger partial charge in [-0.1, -0.05) is 24.8 Å². The highest BCUT2D eigenvalue weighted by molar-refractivity contribution is 5.86. The number of rotatable bonds is 5. The van der Waals surface area contributed by atoms with E-state index >= 15 is 0 Å². The lowest BCUT2D eigenvalue weighted by atomic mass is 10.1. The van der Waals surface area contributed by atoms with Gasteiger partial charge in [0.05, 0.1) is 14.2 Å². The molecule has 0 radical (unpaired) electrons. The molecule has 0 amide bonds. The Morgan fingerprint density at radius 3 is 2.24 bits per heavy atom. The molecule has 4 nitrogen and oxygen atoms in total. The number of carboxylic acids is 1. The Bertz CT molecular complexity index is 461. The highest BCUT2D eigenvalue weighted by Gasteiger charge is 2.11. The van der Waals surface area contributed by atoms with Crippen LogP contribution in [0.1, 0.15) is 11.1 Å². The molecule has 90 valence electrons. The summed E-state index contributed by atoms with van der Waals surface area (Å²) in [7, 11) is 3.03. The number of ether oxygens (including phenoxy) is 2. The summed E-state index contributed by atoms with van der Waals surface area (Å²) in [4.78, 5) is 10.5. The normalized spacial score (nSPS) is 10.2. The summed E-state index contributed by atoms with van der Waals surface area (Å²) in [5, 5.41) is 8.59. The Labute approximate surface area is 99.8 Å². The first kappa shape index (κ1) is 12.8. The molecule has 1 rings (SSSR count).